The number of halogens is 1. The van der Waals surface area contributed by atoms with Crippen LogP contribution in [-0.2, 0) is 11.2 Å². The quantitative estimate of drug-likeness (QED) is 0.867. The van der Waals surface area contributed by atoms with Crippen molar-refractivity contribution in [2.24, 2.45) is 4.99 Å². The van der Waals surface area contributed by atoms with Crippen molar-refractivity contribution in [2.45, 2.75) is 33.6 Å². The van der Waals surface area contributed by atoms with Crippen LogP contribution in [0.3, 0.4) is 0 Å². The monoisotopic (exact) mass is 331 g/mol. The summed E-state index contributed by atoms with van der Waals surface area (Å²) in [7, 11) is 0. The van der Waals surface area contributed by atoms with E-state index in [1.54, 1.807) is 6.20 Å². The van der Waals surface area contributed by atoms with Gasteiger partial charge in [0.1, 0.15) is 5.84 Å². The van der Waals surface area contributed by atoms with Gasteiger partial charge in [-0.25, -0.2) is 0 Å². The Balaban J connectivity index is 1.98. The van der Waals surface area contributed by atoms with Gasteiger partial charge in [0.25, 0.3) is 5.91 Å². The van der Waals surface area contributed by atoms with Gasteiger partial charge in [-0.15, -0.1) is 0 Å². The number of carbonyl (C=O) groups excluding carboxylic acids is 1. The van der Waals surface area contributed by atoms with Crippen LogP contribution in [0.2, 0.25) is 5.02 Å². The molecule has 0 fully saturated rings. The molecule has 0 radical (unpaired) electrons. The van der Waals surface area contributed by atoms with E-state index >= 15 is 0 Å². The standard InChI is InChI=1S/C18H22ClN3O/c1-4-6-13(3)22-18(23)14-10-20-17(21-11-14)9-15-12(2)7-5-8-16(15)19/h5-8,10H,4,9,11H2,1-3H3,(H,20,21)(H,22,23)/b13-6+. The molecule has 0 aromatic heterocycles. The lowest BCUT2D eigenvalue weighted by Crippen LogP contribution is -2.31. The number of aliphatic imine (C=N–C) groups is 1. The molecule has 1 amide bonds. The molecule has 0 unspecified atom stereocenters. The normalized spacial score (nSPS) is 14.7. The lowest BCUT2D eigenvalue weighted by atomic mass is 10.0. The Labute approximate surface area is 142 Å². The first-order valence-electron chi connectivity index (χ1n) is 7.72. The summed E-state index contributed by atoms with van der Waals surface area (Å²) >= 11 is 6.25. The van der Waals surface area contributed by atoms with Crippen LogP contribution in [0.5, 0.6) is 0 Å². The van der Waals surface area contributed by atoms with Crippen LogP contribution in [-0.4, -0.2) is 18.3 Å². The fourth-order valence-electron chi connectivity index (χ4n) is 2.36. The molecule has 0 saturated carbocycles. The molecule has 2 rings (SSSR count). The second-order valence-corrected chi connectivity index (χ2v) is 5.95. The number of amides is 1. The van der Waals surface area contributed by atoms with Crippen LogP contribution in [0.15, 0.2) is 46.7 Å². The van der Waals surface area contributed by atoms with Gasteiger partial charge in [-0.2, -0.15) is 0 Å². The molecule has 4 nitrogen and oxygen atoms in total. The molecular weight excluding hydrogens is 310 g/mol. The molecule has 2 N–H and O–H groups in total. The molecule has 1 aromatic carbocycles. The van der Waals surface area contributed by atoms with Crippen molar-refractivity contribution in [3.8, 4) is 0 Å². The third-order valence-electron chi connectivity index (χ3n) is 3.66. The average Bonchev–Trinajstić information content (AvgIpc) is 2.52. The van der Waals surface area contributed by atoms with E-state index in [0.29, 0.717) is 18.5 Å². The molecule has 122 valence electrons. The van der Waals surface area contributed by atoms with Crippen molar-refractivity contribution >= 4 is 23.3 Å². The van der Waals surface area contributed by atoms with E-state index in [9.17, 15) is 4.79 Å². The number of hydrogen-bond donors (Lipinski definition) is 2. The molecule has 0 atom stereocenters. The van der Waals surface area contributed by atoms with E-state index < -0.39 is 0 Å². The minimum absolute atomic E-state index is 0.114. The van der Waals surface area contributed by atoms with E-state index in [-0.39, 0.29) is 5.91 Å². The van der Waals surface area contributed by atoms with Crippen molar-refractivity contribution in [3.63, 3.8) is 0 Å². The Morgan fingerprint density at radius 2 is 2.26 bits per heavy atom. The number of benzene rings is 1. The molecule has 0 spiro atoms. The van der Waals surface area contributed by atoms with Gasteiger partial charge in [0.05, 0.1) is 12.1 Å². The molecule has 1 aliphatic heterocycles. The summed E-state index contributed by atoms with van der Waals surface area (Å²) in [6, 6.07) is 5.85. The average molecular weight is 332 g/mol. The molecule has 23 heavy (non-hydrogen) atoms. The van der Waals surface area contributed by atoms with Gasteiger partial charge in [0.15, 0.2) is 0 Å². The first-order chi connectivity index (χ1) is 11.0. The first kappa shape index (κ1) is 17.3. The summed E-state index contributed by atoms with van der Waals surface area (Å²) in [4.78, 5) is 16.6. The van der Waals surface area contributed by atoms with Gasteiger partial charge in [0.2, 0.25) is 0 Å². The Kier molecular flexibility index (Phi) is 5.99. The van der Waals surface area contributed by atoms with Crippen molar-refractivity contribution in [1.82, 2.24) is 10.6 Å². The van der Waals surface area contributed by atoms with E-state index in [2.05, 4.69) is 15.6 Å². The predicted octanol–water partition coefficient (Wildman–Crippen LogP) is 3.51. The Morgan fingerprint density at radius 1 is 1.48 bits per heavy atom. The van der Waals surface area contributed by atoms with Gasteiger partial charge in [-0.1, -0.05) is 36.7 Å². The highest BCUT2D eigenvalue weighted by Crippen LogP contribution is 2.20. The van der Waals surface area contributed by atoms with Crippen LogP contribution in [0, 0.1) is 6.92 Å². The number of amidine groups is 1. The Bertz CT molecular complexity index is 669. The van der Waals surface area contributed by atoms with Gasteiger partial charge in [0, 0.05) is 23.3 Å². The number of nitrogens with one attached hydrogen (secondary N) is 2. The van der Waals surface area contributed by atoms with Crippen molar-refractivity contribution < 1.29 is 4.79 Å². The largest absolute Gasteiger partial charge is 0.350 e. The molecule has 5 heteroatoms. The molecular formula is C18H22ClN3O. The fourth-order valence-corrected chi connectivity index (χ4v) is 2.65. The van der Waals surface area contributed by atoms with E-state index in [1.165, 1.54) is 0 Å². The maximum atomic E-state index is 12.1. The zero-order valence-electron chi connectivity index (χ0n) is 13.7. The highest BCUT2D eigenvalue weighted by molar-refractivity contribution is 6.31. The van der Waals surface area contributed by atoms with Gasteiger partial charge >= 0.3 is 0 Å². The highest BCUT2D eigenvalue weighted by Gasteiger charge is 2.15. The van der Waals surface area contributed by atoms with Gasteiger partial charge in [-0.3, -0.25) is 9.79 Å². The Hall–Kier alpha value is -2.07. The Morgan fingerprint density at radius 3 is 2.87 bits per heavy atom. The van der Waals surface area contributed by atoms with Crippen LogP contribution in [0.4, 0.5) is 0 Å². The lowest BCUT2D eigenvalue weighted by molar-refractivity contribution is -0.116. The second kappa shape index (κ2) is 7.97. The predicted molar refractivity (Wildman–Crippen MR) is 95.6 cm³/mol. The number of allylic oxidation sites excluding steroid dienone is 2. The number of nitrogens with zero attached hydrogens (tertiary/aromatic N) is 1. The number of carbonyl (C=O) groups is 1. The first-order valence-corrected chi connectivity index (χ1v) is 8.10. The smallest absolute Gasteiger partial charge is 0.254 e. The molecule has 0 bridgehead atoms. The minimum Gasteiger partial charge on any atom is -0.350 e. The maximum Gasteiger partial charge on any atom is 0.254 e. The number of rotatable bonds is 5. The maximum absolute atomic E-state index is 12.1. The molecule has 1 aliphatic rings. The summed E-state index contributed by atoms with van der Waals surface area (Å²) in [5.41, 5.74) is 3.67. The second-order valence-electron chi connectivity index (χ2n) is 5.54. The molecule has 0 aliphatic carbocycles. The van der Waals surface area contributed by atoms with Crippen LogP contribution in [0.1, 0.15) is 31.4 Å². The fraction of sp³-hybridized carbons (Fsp3) is 0.333. The van der Waals surface area contributed by atoms with Crippen molar-refractivity contribution in [3.05, 3.63) is 57.9 Å². The zero-order valence-corrected chi connectivity index (χ0v) is 14.5. The minimum atomic E-state index is -0.114. The lowest BCUT2D eigenvalue weighted by Gasteiger charge is -2.16. The zero-order chi connectivity index (χ0) is 16.8. The van der Waals surface area contributed by atoms with Crippen molar-refractivity contribution in [1.29, 1.82) is 0 Å². The summed E-state index contributed by atoms with van der Waals surface area (Å²) in [5, 5.41) is 6.70. The topological polar surface area (TPSA) is 53.5 Å². The van der Waals surface area contributed by atoms with Crippen LogP contribution in [0.25, 0.3) is 0 Å². The number of hydrogen-bond acceptors (Lipinski definition) is 3. The summed E-state index contributed by atoms with van der Waals surface area (Å²) in [5.74, 6) is 0.704. The summed E-state index contributed by atoms with van der Waals surface area (Å²) in [6.45, 7) is 6.32. The van der Waals surface area contributed by atoms with Gasteiger partial charge < -0.3 is 10.6 Å². The van der Waals surface area contributed by atoms with E-state index in [1.807, 2.05) is 45.0 Å². The summed E-state index contributed by atoms with van der Waals surface area (Å²) < 4.78 is 0. The van der Waals surface area contributed by atoms with Crippen LogP contribution < -0.4 is 10.6 Å². The molecule has 0 saturated heterocycles. The molecule has 1 aromatic rings. The molecule has 1 heterocycles. The highest BCUT2D eigenvalue weighted by atomic mass is 35.5. The van der Waals surface area contributed by atoms with E-state index in [0.717, 1.165) is 34.1 Å². The number of aryl methyl sites for hydroxylation is 1. The van der Waals surface area contributed by atoms with Gasteiger partial charge in [-0.05, 0) is 37.5 Å². The third-order valence-corrected chi connectivity index (χ3v) is 4.02. The summed E-state index contributed by atoms with van der Waals surface area (Å²) in [6.07, 6.45) is 5.22. The van der Waals surface area contributed by atoms with E-state index in [4.69, 9.17) is 11.6 Å². The third kappa shape index (κ3) is 4.70. The SMILES string of the molecule is CC/C=C(\C)NC(=O)C1=CNC(Cc2c(C)cccc2Cl)=NC1. The van der Waals surface area contributed by atoms with Crippen LogP contribution >= 0.6 is 11.6 Å². The van der Waals surface area contributed by atoms with Crippen molar-refractivity contribution in [2.75, 3.05) is 6.54 Å².